The zero-order valence-corrected chi connectivity index (χ0v) is 19.8. The first-order chi connectivity index (χ1) is 16.0. The van der Waals surface area contributed by atoms with Crippen LogP contribution in [-0.4, -0.2) is 74.2 Å². The van der Waals surface area contributed by atoms with Crippen molar-refractivity contribution in [2.24, 2.45) is 5.92 Å². The monoisotopic (exact) mass is 498 g/mol. The van der Waals surface area contributed by atoms with Crippen LogP contribution in [0.5, 0.6) is 0 Å². The molecule has 1 aliphatic carbocycles. The number of hydrogen-bond donors (Lipinski definition) is 1. The van der Waals surface area contributed by atoms with Crippen LogP contribution in [-0.2, 0) is 20.8 Å². The van der Waals surface area contributed by atoms with Gasteiger partial charge in [0.1, 0.15) is 0 Å². The Kier molecular flexibility index (Phi) is 6.70. The van der Waals surface area contributed by atoms with Crippen LogP contribution >= 0.6 is 0 Å². The lowest BCUT2D eigenvalue weighted by Crippen LogP contribution is -2.53. The van der Waals surface area contributed by atoms with E-state index in [0.717, 1.165) is 25.2 Å². The molecule has 1 amide bonds. The van der Waals surface area contributed by atoms with E-state index in [1.165, 1.54) is 12.1 Å². The van der Waals surface area contributed by atoms with Crippen LogP contribution in [0.15, 0.2) is 29.2 Å². The van der Waals surface area contributed by atoms with Gasteiger partial charge in [-0.3, -0.25) is 10.1 Å². The number of nitriles is 1. The number of rotatable bonds is 6. The fraction of sp³-hybridized carbons (Fsp3) is 0.652. The molecule has 1 saturated carbocycles. The average molecular weight is 499 g/mol. The van der Waals surface area contributed by atoms with E-state index in [1.807, 2.05) is 13.1 Å². The molecular weight excluding hydrogens is 469 g/mol. The molecule has 34 heavy (non-hydrogen) atoms. The van der Waals surface area contributed by atoms with Crippen LogP contribution in [0.3, 0.4) is 0 Å². The Bertz CT molecular complexity index is 1070. The Morgan fingerprint density at radius 1 is 1.24 bits per heavy atom. The Morgan fingerprint density at radius 2 is 1.88 bits per heavy atom. The molecule has 4 rings (SSSR count). The predicted molar refractivity (Wildman–Crippen MR) is 118 cm³/mol. The Balaban J connectivity index is 1.66. The molecule has 0 aromatic heterocycles. The molecule has 0 radical (unpaired) electrons. The third kappa shape index (κ3) is 4.68. The number of hydrogen-bond acceptors (Lipinski definition) is 6. The van der Waals surface area contributed by atoms with Crippen molar-refractivity contribution in [2.45, 2.75) is 60.0 Å². The summed E-state index contributed by atoms with van der Waals surface area (Å²) in [6.07, 6.45) is -2.08. The summed E-state index contributed by atoms with van der Waals surface area (Å²) in [5.41, 5.74) is -1.75. The van der Waals surface area contributed by atoms with E-state index in [-0.39, 0.29) is 31.3 Å². The Hall–Kier alpha value is -2.16. The molecule has 0 unspecified atom stereocenters. The molecule has 1 N–H and O–H groups in total. The highest BCUT2D eigenvalue weighted by atomic mass is 32.2. The first kappa shape index (κ1) is 24.9. The molecule has 2 saturated heterocycles. The minimum atomic E-state index is -4.81. The lowest BCUT2D eigenvalue weighted by atomic mass is 9.94. The minimum absolute atomic E-state index is 0.0469. The molecular formula is C23H29F3N4O3S. The van der Waals surface area contributed by atoms with E-state index in [0.29, 0.717) is 25.7 Å². The standard InChI is InChI=1S/C23H29F3N4O3S/c1-29-12-6-16(7-13-29)21(31)30-15-17(14-20(30)22(8-9-22)28-11-10-27)34(32,33)19-5-3-2-4-18(19)23(24,25)26/h2-5,16-17,20,28H,6-9,11-15H2,1H3/t17-,20+/m1/s1. The SMILES string of the molecule is CN1CCC(C(=O)N2C[C@H](S(=O)(=O)c3ccccc3C(F)(F)F)C[C@H]2C2(NCC#N)CC2)CC1. The summed E-state index contributed by atoms with van der Waals surface area (Å²) in [6.45, 7) is 1.43. The second-order valence-corrected chi connectivity index (χ2v) is 11.8. The van der Waals surface area contributed by atoms with Crippen LogP contribution in [0.4, 0.5) is 13.2 Å². The number of likely N-dealkylation sites (tertiary alicyclic amines) is 2. The van der Waals surface area contributed by atoms with Crippen molar-refractivity contribution in [1.29, 1.82) is 5.26 Å². The third-order valence-electron chi connectivity index (χ3n) is 7.50. The first-order valence-corrected chi connectivity index (χ1v) is 13.1. The topological polar surface area (TPSA) is 93.5 Å². The van der Waals surface area contributed by atoms with E-state index in [1.54, 1.807) is 4.90 Å². The van der Waals surface area contributed by atoms with Crippen LogP contribution < -0.4 is 5.32 Å². The number of piperidine rings is 1. The van der Waals surface area contributed by atoms with Crippen molar-refractivity contribution in [3.8, 4) is 6.07 Å². The molecule has 1 aromatic carbocycles. The van der Waals surface area contributed by atoms with E-state index in [2.05, 4.69) is 10.2 Å². The fourth-order valence-electron chi connectivity index (χ4n) is 5.39. The molecule has 0 bridgehead atoms. The number of nitrogens with one attached hydrogen (secondary N) is 1. The molecule has 2 aliphatic heterocycles. The molecule has 7 nitrogen and oxygen atoms in total. The fourth-order valence-corrected chi connectivity index (χ4v) is 7.30. The summed E-state index contributed by atoms with van der Waals surface area (Å²) in [4.78, 5) is 16.5. The van der Waals surface area contributed by atoms with Gasteiger partial charge in [0.05, 0.1) is 34.4 Å². The minimum Gasteiger partial charge on any atom is -0.336 e. The van der Waals surface area contributed by atoms with Gasteiger partial charge in [-0.05, 0) is 64.4 Å². The van der Waals surface area contributed by atoms with Crippen LogP contribution in [0.25, 0.3) is 0 Å². The predicted octanol–water partition coefficient (Wildman–Crippen LogP) is 2.44. The molecule has 2 heterocycles. The highest BCUT2D eigenvalue weighted by Gasteiger charge is 2.58. The van der Waals surface area contributed by atoms with Crippen molar-refractivity contribution in [3.05, 3.63) is 29.8 Å². The van der Waals surface area contributed by atoms with Gasteiger partial charge in [-0.2, -0.15) is 18.4 Å². The molecule has 3 aliphatic rings. The number of sulfone groups is 1. The van der Waals surface area contributed by atoms with Crippen molar-refractivity contribution in [1.82, 2.24) is 15.1 Å². The molecule has 186 valence electrons. The number of nitrogens with zero attached hydrogens (tertiary/aromatic N) is 3. The number of halogens is 3. The third-order valence-corrected chi connectivity index (χ3v) is 9.69. The smallest absolute Gasteiger partial charge is 0.336 e. The molecule has 0 spiro atoms. The van der Waals surface area contributed by atoms with Crippen molar-refractivity contribution < 1.29 is 26.4 Å². The second kappa shape index (κ2) is 9.13. The zero-order valence-electron chi connectivity index (χ0n) is 19.0. The lowest BCUT2D eigenvalue weighted by molar-refractivity contribution is -0.140. The summed E-state index contributed by atoms with van der Waals surface area (Å²) in [6, 6.07) is 5.77. The van der Waals surface area contributed by atoms with Crippen LogP contribution in [0.2, 0.25) is 0 Å². The normalized spacial score (nSPS) is 25.8. The van der Waals surface area contributed by atoms with Gasteiger partial charge in [0, 0.05) is 18.0 Å². The van der Waals surface area contributed by atoms with Crippen molar-refractivity contribution in [2.75, 3.05) is 33.2 Å². The zero-order chi connectivity index (χ0) is 24.7. The average Bonchev–Trinajstić information content (AvgIpc) is 3.44. The highest BCUT2D eigenvalue weighted by molar-refractivity contribution is 7.92. The summed E-state index contributed by atoms with van der Waals surface area (Å²) >= 11 is 0. The molecule has 11 heteroatoms. The van der Waals surface area contributed by atoms with Crippen molar-refractivity contribution >= 4 is 15.7 Å². The van der Waals surface area contributed by atoms with E-state index in [4.69, 9.17) is 5.26 Å². The van der Waals surface area contributed by atoms with Gasteiger partial charge in [0.25, 0.3) is 0 Å². The maximum Gasteiger partial charge on any atom is 0.417 e. The van der Waals surface area contributed by atoms with Gasteiger partial charge in [-0.15, -0.1) is 0 Å². The van der Waals surface area contributed by atoms with Gasteiger partial charge < -0.3 is 9.80 Å². The highest BCUT2D eigenvalue weighted by Crippen LogP contribution is 2.47. The number of carbonyl (C=O) groups is 1. The summed E-state index contributed by atoms with van der Waals surface area (Å²) in [5, 5.41) is 11.1. The van der Waals surface area contributed by atoms with E-state index in [9.17, 15) is 26.4 Å². The number of alkyl halides is 3. The molecule has 1 aromatic rings. The van der Waals surface area contributed by atoms with Crippen molar-refractivity contribution in [3.63, 3.8) is 0 Å². The Morgan fingerprint density at radius 3 is 2.47 bits per heavy atom. The van der Waals surface area contributed by atoms with Crippen LogP contribution in [0.1, 0.15) is 37.7 Å². The van der Waals surface area contributed by atoms with E-state index < -0.39 is 43.3 Å². The van der Waals surface area contributed by atoms with Gasteiger partial charge >= 0.3 is 6.18 Å². The summed E-state index contributed by atoms with van der Waals surface area (Å²) in [5.74, 6) is -0.376. The number of carbonyl (C=O) groups excluding carboxylic acids is 1. The van der Waals surface area contributed by atoms with Gasteiger partial charge in [-0.25, -0.2) is 8.42 Å². The summed E-state index contributed by atoms with van der Waals surface area (Å²) in [7, 11) is -2.38. The van der Waals surface area contributed by atoms with E-state index >= 15 is 0 Å². The molecule has 2 atom stereocenters. The number of benzene rings is 1. The number of amides is 1. The quantitative estimate of drug-likeness (QED) is 0.606. The summed E-state index contributed by atoms with van der Waals surface area (Å²) < 4.78 is 67.7. The Labute approximate surface area is 197 Å². The van der Waals surface area contributed by atoms with Gasteiger partial charge in [-0.1, -0.05) is 12.1 Å². The van der Waals surface area contributed by atoms with Crippen LogP contribution in [0, 0.1) is 17.2 Å². The largest absolute Gasteiger partial charge is 0.417 e. The maximum absolute atomic E-state index is 13.6. The second-order valence-electron chi connectivity index (χ2n) is 9.65. The first-order valence-electron chi connectivity index (χ1n) is 11.5. The molecule has 3 fully saturated rings. The van der Waals surface area contributed by atoms with Gasteiger partial charge in [0.15, 0.2) is 9.84 Å². The lowest BCUT2D eigenvalue weighted by Gasteiger charge is -2.36. The maximum atomic E-state index is 13.6. The van der Waals surface area contributed by atoms with Gasteiger partial charge in [0.2, 0.25) is 5.91 Å².